The van der Waals surface area contributed by atoms with Crippen molar-refractivity contribution in [2.75, 3.05) is 5.32 Å². The lowest BCUT2D eigenvalue weighted by Gasteiger charge is -2.18. The van der Waals surface area contributed by atoms with Gasteiger partial charge in [0.05, 0.1) is 0 Å². The largest absolute Gasteiger partial charge is 0.335 e. The fraction of sp³-hybridized carbons (Fsp3) is 0.312. The summed E-state index contributed by atoms with van der Waals surface area (Å²) in [5.41, 5.74) is 1.80. The second kappa shape index (κ2) is 6.28. The molecule has 0 aliphatic carbocycles. The number of rotatable bonds is 4. The maximum absolute atomic E-state index is 11.9. The molecule has 1 unspecified atom stereocenters. The number of nitrogens with zero attached hydrogens (tertiary/aromatic N) is 1. The Labute approximate surface area is 119 Å². The predicted molar refractivity (Wildman–Crippen MR) is 82.2 cm³/mol. The molecule has 0 spiro atoms. The minimum Gasteiger partial charge on any atom is -0.335 e. The van der Waals surface area contributed by atoms with Crippen molar-refractivity contribution in [2.24, 2.45) is 5.92 Å². The Balaban J connectivity index is 2.03. The second-order valence-corrected chi connectivity index (χ2v) is 5.27. The number of carbonyl (C=O) groups excluding carboxylic acids is 1. The molecule has 4 heteroatoms. The number of nitrogens with one attached hydrogen (secondary N) is 2. The van der Waals surface area contributed by atoms with Gasteiger partial charge in [-0.1, -0.05) is 19.9 Å². The van der Waals surface area contributed by atoms with E-state index in [2.05, 4.69) is 24.5 Å². The number of carbonyl (C=O) groups is 1. The van der Waals surface area contributed by atoms with E-state index in [1.165, 1.54) is 0 Å². The van der Waals surface area contributed by atoms with Crippen LogP contribution in [0.5, 0.6) is 0 Å². The van der Waals surface area contributed by atoms with Gasteiger partial charge in [-0.3, -0.25) is 0 Å². The van der Waals surface area contributed by atoms with Crippen LogP contribution >= 0.6 is 0 Å². The third kappa shape index (κ3) is 3.63. The Morgan fingerprint density at radius 2 is 1.80 bits per heavy atom. The Morgan fingerprint density at radius 1 is 1.10 bits per heavy atom. The number of hydrogen-bond donors (Lipinski definition) is 2. The number of anilines is 1. The standard InChI is InChI=1S/C16H21N3O/c1-12(2)13(3)17-16(20)18-14-7-6-8-15(11-14)19-9-4-5-10-19/h4-13H,1-3H3,(H2,17,18,20). The molecule has 0 fully saturated rings. The molecule has 1 heterocycles. The highest BCUT2D eigenvalue weighted by atomic mass is 16.2. The van der Waals surface area contributed by atoms with Crippen molar-refractivity contribution in [3.05, 3.63) is 48.8 Å². The highest BCUT2D eigenvalue weighted by molar-refractivity contribution is 5.89. The number of aromatic nitrogens is 1. The lowest BCUT2D eigenvalue weighted by atomic mass is 10.1. The Morgan fingerprint density at radius 3 is 2.45 bits per heavy atom. The first kappa shape index (κ1) is 14.2. The Bertz CT molecular complexity index is 561. The van der Waals surface area contributed by atoms with Gasteiger partial charge in [0.25, 0.3) is 0 Å². The van der Waals surface area contributed by atoms with Crippen molar-refractivity contribution in [3.8, 4) is 5.69 Å². The van der Waals surface area contributed by atoms with Crippen molar-refractivity contribution < 1.29 is 4.79 Å². The molecule has 1 aromatic heterocycles. The molecule has 0 aliphatic heterocycles. The lowest BCUT2D eigenvalue weighted by molar-refractivity contribution is 0.246. The lowest BCUT2D eigenvalue weighted by Crippen LogP contribution is -2.39. The average Bonchev–Trinajstić information content (AvgIpc) is 2.92. The Kier molecular flexibility index (Phi) is 4.45. The third-order valence-electron chi connectivity index (χ3n) is 3.37. The molecule has 1 atom stereocenters. The summed E-state index contributed by atoms with van der Waals surface area (Å²) in [6.45, 7) is 6.16. The van der Waals surface area contributed by atoms with E-state index < -0.39 is 0 Å². The minimum atomic E-state index is -0.171. The van der Waals surface area contributed by atoms with Gasteiger partial charge in [0.1, 0.15) is 0 Å². The van der Waals surface area contributed by atoms with Crippen LogP contribution in [0.3, 0.4) is 0 Å². The number of hydrogen-bond acceptors (Lipinski definition) is 1. The zero-order valence-corrected chi connectivity index (χ0v) is 12.1. The monoisotopic (exact) mass is 271 g/mol. The Hall–Kier alpha value is -2.23. The summed E-state index contributed by atoms with van der Waals surface area (Å²) in [6.07, 6.45) is 3.94. The molecule has 2 N–H and O–H groups in total. The summed E-state index contributed by atoms with van der Waals surface area (Å²) in [5.74, 6) is 0.409. The summed E-state index contributed by atoms with van der Waals surface area (Å²) in [7, 11) is 0. The first-order valence-corrected chi connectivity index (χ1v) is 6.87. The third-order valence-corrected chi connectivity index (χ3v) is 3.37. The van der Waals surface area contributed by atoms with Crippen LogP contribution in [0, 0.1) is 5.92 Å². The van der Waals surface area contributed by atoms with E-state index in [1.54, 1.807) is 0 Å². The number of urea groups is 1. The topological polar surface area (TPSA) is 46.1 Å². The van der Waals surface area contributed by atoms with Crippen LogP contribution in [-0.4, -0.2) is 16.6 Å². The maximum Gasteiger partial charge on any atom is 0.319 e. The smallest absolute Gasteiger partial charge is 0.319 e. The summed E-state index contributed by atoms with van der Waals surface area (Å²) < 4.78 is 2.00. The summed E-state index contributed by atoms with van der Waals surface area (Å²) in [6, 6.07) is 11.7. The zero-order chi connectivity index (χ0) is 14.5. The van der Waals surface area contributed by atoms with Gasteiger partial charge in [-0.15, -0.1) is 0 Å². The predicted octanol–water partition coefficient (Wildman–Crippen LogP) is 3.64. The van der Waals surface area contributed by atoms with E-state index in [0.717, 1.165) is 11.4 Å². The van der Waals surface area contributed by atoms with Gasteiger partial charge < -0.3 is 15.2 Å². The van der Waals surface area contributed by atoms with Crippen molar-refractivity contribution >= 4 is 11.7 Å². The zero-order valence-electron chi connectivity index (χ0n) is 12.1. The average molecular weight is 271 g/mol. The van der Waals surface area contributed by atoms with Gasteiger partial charge in [-0.05, 0) is 43.2 Å². The molecule has 20 heavy (non-hydrogen) atoms. The van der Waals surface area contributed by atoms with Crippen LogP contribution in [0.4, 0.5) is 10.5 Å². The molecule has 4 nitrogen and oxygen atoms in total. The molecule has 1 aromatic carbocycles. The maximum atomic E-state index is 11.9. The molecule has 0 saturated carbocycles. The van der Waals surface area contributed by atoms with Crippen LogP contribution in [0.1, 0.15) is 20.8 Å². The highest BCUT2D eigenvalue weighted by Gasteiger charge is 2.10. The van der Waals surface area contributed by atoms with Crippen LogP contribution in [0.2, 0.25) is 0 Å². The molecule has 0 bridgehead atoms. The molecular weight excluding hydrogens is 250 g/mol. The first-order chi connectivity index (χ1) is 9.56. The molecular formula is C16H21N3O. The SMILES string of the molecule is CC(C)C(C)NC(=O)Nc1cccc(-n2cccc2)c1. The van der Waals surface area contributed by atoms with E-state index in [4.69, 9.17) is 0 Å². The van der Waals surface area contributed by atoms with Gasteiger partial charge in [0.2, 0.25) is 0 Å². The quantitative estimate of drug-likeness (QED) is 0.876. The van der Waals surface area contributed by atoms with Crippen LogP contribution in [-0.2, 0) is 0 Å². The van der Waals surface area contributed by atoms with Gasteiger partial charge in [0, 0.05) is 29.8 Å². The van der Waals surface area contributed by atoms with Gasteiger partial charge in [-0.25, -0.2) is 4.79 Å². The number of benzene rings is 1. The fourth-order valence-electron chi connectivity index (χ4n) is 1.79. The van der Waals surface area contributed by atoms with Crippen LogP contribution < -0.4 is 10.6 Å². The van der Waals surface area contributed by atoms with Crippen molar-refractivity contribution in [1.82, 2.24) is 9.88 Å². The summed E-state index contributed by atoms with van der Waals surface area (Å²) >= 11 is 0. The van der Waals surface area contributed by atoms with Crippen molar-refractivity contribution in [2.45, 2.75) is 26.8 Å². The van der Waals surface area contributed by atoms with E-state index in [9.17, 15) is 4.79 Å². The molecule has 2 rings (SSSR count). The second-order valence-electron chi connectivity index (χ2n) is 5.27. The first-order valence-electron chi connectivity index (χ1n) is 6.87. The van der Waals surface area contributed by atoms with Crippen molar-refractivity contribution in [3.63, 3.8) is 0 Å². The molecule has 0 aliphatic rings. The molecule has 106 valence electrons. The van der Waals surface area contributed by atoms with Gasteiger partial charge >= 0.3 is 6.03 Å². The normalized spacial score (nSPS) is 12.2. The molecule has 2 aromatic rings. The molecule has 0 saturated heterocycles. The van der Waals surface area contributed by atoms with E-state index >= 15 is 0 Å². The number of amides is 2. The highest BCUT2D eigenvalue weighted by Crippen LogP contribution is 2.14. The molecule has 0 radical (unpaired) electrons. The van der Waals surface area contributed by atoms with Gasteiger partial charge in [0.15, 0.2) is 0 Å². The van der Waals surface area contributed by atoms with E-state index in [-0.39, 0.29) is 12.1 Å². The van der Waals surface area contributed by atoms with Crippen LogP contribution in [0.25, 0.3) is 5.69 Å². The minimum absolute atomic E-state index is 0.141. The fourth-order valence-corrected chi connectivity index (χ4v) is 1.79. The van der Waals surface area contributed by atoms with E-state index in [1.807, 2.05) is 60.3 Å². The molecule has 2 amide bonds. The van der Waals surface area contributed by atoms with E-state index in [0.29, 0.717) is 5.92 Å². The van der Waals surface area contributed by atoms with Crippen LogP contribution in [0.15, 0.2) is 48.8 Å². The van der Waals surface area contributed by atoms with Gasteiger partial charge in [-0.2, -0.15) is 0 Å². The summed E-state index contributed by atoms with van der Waals surface area (Å²) in [5, 5.41) is 5.79. The van der Waals surface area contributed by atoms with Crippen molar-refractivity contribution in [1.29, 1.82) is 0 Å². The summed E-state index contributed by atoms with van der Waals surface area (Å²) in [4.78, 5) is 11.9.